The molecule has 1 N–H and O–H groups in total. The number of amides is 1. The summed E-state index contributed by atoms with van der Waals surface area (Å²) in [5.74, 6) is -1.03. The third-order valence-electron chi connectivity index (χ3n) is 5.07. The van der Waals surface area contributed by atoms with Crippen LogP contribution in [0.25, 0.3) is 16.6 Å². The molecule has 0 radical (unpaired) electrons. The molecule has 4 rings (SSSR count). The average Bonchev–Trinajstić information content (AvgIpc) is 2.80. The maximum atomic E-state index is 14.3. The first-order chi connectivity index (χ1) is 15.8. The predicted octanol–water partition coefficient (Wildman–Crippen LogP) is 4.77. The lowest BCUT2D eigenvalue weighted by molar-refractivity contribution is -0.113. The van der Waals surface area contributed by atoms with Gasteiger partial charge in [-0.25, -0.2) is 9.37 Å². The Labute approximate surface area is 193 Å². The van der Waals surface area contributed by atoms with Crippen molar-refractivity contribution in [1.29, 1.82) is 0 Å². The van der Waals surface area contributed by atoms with Crippen LogP contribution in [0.5, 0.6) is 0 Å². The summed E-state index contributed by atoms with van der Waals surface area (Å²) in [6.45, 7) is 3.07. The fraction of sp³-hybridized carbons (Fsp3) is 0.120. The molecule has 8 heteroatoms. The molecule has 6 nitrogen and oxygen atoms in total. The molecule has 0 spiro atoms. The SMILES string of the molecule is CC(=O)c1ccccc1NC(=O)CSc1nc2ccccc2c(=O)n1-c1ccc(C)c(F)c1. The smallest absolute Gasteiger partial charge is 0.266 e. The van der Waals surface area contributed by atoms with Crippen LogP contribution in [0.15, 0.2) is 76.7 Å². The van der Waals surface area contributed by atoms with Gasteiger partial charge < -0.3 is 5.32 Å². The van der Waals surface area contributed by atoms with Gasteiger partial charge >= 0.3 is 0 Å². The first-order valence-corrected chi connectivity index (χ1v) is 11.1. The number of ketones is 1. The monoisotopic (exact) mass is 461 g/mol. The summed E-state index contributed by atoms with van der Waals surface area (Å²) in [7, 11) is 0. The second kappa shape index (κ2) is 9.38. The number of nitrogens with zero attached hydrogens (tertiary/aromatic N) is 2. The van der Waals surface area contributed by atoms with Gasteiger partial charge in [0.25, 0.3) is 5.56 Å². The zero-order valence-electron chi connectivity index (χ0n) is 18.0. The molecule has 0 fully saturated rings. The van der Waals surface area contributed by atoms with Crippen molar-refractivity contribution in [3.05, 3.63) is 94.0 Å². The average molecular weight is 462 g/mol. The molecule has 0 saturated carbocycles. The predicted molar refractivity (Wildman–Crippen MR) is 128 cm³/mol. The van der Waals surface area contributed by atoms with E-state index < -0.39 is 5.82 Å². The Morgan fingerprint density at radius 3 is 2.55 bits per heavy atom. The Kier molecular flexibility index (Phi) is 6.37. The summed E-state index contributed by atoms with van der Waals surface area (Å²) in [5, 5.41) is 3.39. The molecule has 0 bridgehead atoms. The molecule has 4 aromatic rings. The van der Waals surface area contributed by atoms with Crippen molar-refractivity contribution in [3.63, 3.8) is 0 Å². The van der Waals surface area contributed by atoms with E-state index in [2.05, 4.69) is 10.3 Å². The van der Waals surface area contributed by atoms with Crippen molar-refractivity contribution >= 4 is 40.0 Å². The van der Waals surface area contributed by atoms with Crippen molar-refractivity contribution < 1.29 is 14.0 Å². The molecule has 1 amide bonds. The molecule has 0 saturated heterocycles. The van der Waals surface area contributed by atoms with Crippen LogP contribution >= 0.6 is 11.8 Å². The molecule has 0 unspecified atom stereocenters. The van der Waals surface area contributed by atoms with Crippen LogP contribution in [0.1, 0.15) is 22.8 Å². The van der Waals surface area contributed by atoms with E-state index in [0.717, 1.165) is 11.8 Å². The largest absolute Gasteiger partial charge is 0.325 e. The number of Topliss-reactive ketones (excluding diaryl/α,β-unsaturated/α-hetero) is 1. The molecule has 3 aromatic carbocycles. The number of benzene rings is 3. The number of fused-ring (bicyclic) bond motifs is 1. The zero-order valence-corrected chi connectivity index (χ0v) is 18.8. The van der Waals surface area contributed by atoms with E-state index >= 15 is 0 Å². The number of anilines is 1. The van der Waals surface area contributed by atoms with Gasteiger partial charge in [-0.1, -0.05) is 42.1 Å². The lowest BCUT2D eigenvalue weighted by atomic mass is 10.1. The topological polar surface area (TPSA) is 81.1 Å². The highest BCUT2D eigenvalue weighted by molar-refractivity contribution is 7.99. The van der Waals surface area contributed by atoms with Crippen LogP contribution in [0.2, 0.25) is 0 Å². The van der Waals surface area contributed by atoms with Crippen molar-refractivity contribution in [2.45, 2.75) is 19.0 Å². The van der Waals surface area contributed by atoms with Gasteiger partial charge in [0.05, 0.1) is 28.0 Å². The summed E-state index contributed by atoms with van der Waals surface area (Å²) in [5.41, 5.74) is 1.74. The minimum atomic E-state index is -0.443. The Balaban J connectivity index is 1.69. The lowest BCUT2D eigenvalue weighted by Crippen LogP contribution is -2.23. The van der Waals surface area contributed by atoms with E-state index in [1.807, 2.05) is 0 Å². The highest BCUT2D eigenvalue weighted by atomic mass is 32.2. The van der Waals surface area contributed by atoms with E-state index in [1.165, 1.54) is 17.6 Å². The number of rotatable bonds is 6. The number of para-hydroxylation sites is 2. The van der Waals surface area contributed by atoms with Gasteiger partial charge in [0.15, 0.2) is 10.9 Å². The fourth-order valence-electron chi connectivity index (χ4n) is 3.37. The molecule has 0 aliphatic rings. The van der Waals surface area contributed by atoms with Gasteiger partial charge in [-0.2, -0.15) is 0 Å². The second-order valence-electron chi connectivity index (χ2n) is 7.42. The normalized spacial score (nSPS) is 10.9. The molecular formula is C25H20FN3O3S. The molecule has 1 heterocycles. The number of aryl methyl sites for hydroxylation is 1. The molecule has 0 aliphatic carbocycles. The Hall–Kier alpha value is -3.78. The first-order valence-electron chi connectivity index (χ1n) is 10.2. The van der Waals surface area contributed by atoms with Crippen LogP contribution in [-0.2, 0) is 4.79 Å². The molecule has 166 valence electrons. The summed E-state index contributed by atoms with van der Waals surface area (Å²) in [4.78, 5) is 42.3. The van der Waals surface area contributed by atoms with Gasteiger partial charge in [0, 0.05) is 5.56 Å². The lowest BCUT2D eigenvalue weighted by Gasteiger charge is -2.14. The maximum Gasteiger partial charge on any atom is 0.266 e. The minimum Gasteiger partial charge on any atom is -0.325 e. The number of carbonyl (C=O) groups excluding carboxylic acids is 2. The van der Waals surface area contributed by atoms with Gasteiger partial charge in [-0.15, -0.1) is 0 Å². The van der Waals surface area contributed by atoms with Crippen LogP contribution in [-0.4, -0.2) is 27.0 Å². The summed E-state index contributed by atoms with van der Waals surface area (Å²) >= 11 is 1.05. The fourth-order valence-corrected chi connectivity index (χ4v) is 4.19. The van der Waals surface area contributed by atoms with Crippen LogP contribution in [0, 0.1) is 12.7 Å². The maximum absolute atomic E-state index is 14.3. The summed E-state index contributed by atoms with van der Waals surface area (Å²) < 4.78 is 15.6. The Morgan fingerprint density at radius 1 is 1.06 bits per heavy atom. The van der Waals surface area contributed by atoms with Crippen molar-refractivity contribution in [2.24, 2.45) is 0 Å². The van der Waals surface area contributed by atoms with Crippen molar-refractivity contribution in [2.75, 3.05) is 11.1 Å². The third kappa shape index (κ3) is 4.70. The van der Waals surface area contributed by atoms with Crippen LogP contribution in [0.3, 0.4) is 0 Å². The summed E-state index contributed by atoms with van der Waals surface area (Å²) in [6, 6.07) is 18.1. The quantitative estimate of drug-likeness (QED) is 0.254. The van der Waals surface area contributed by atoms with E-state index in [4.69, 9.17) is 0 Å². The van der Waals surface area contributed by atoms with E-state index in [1.54, 1.807) is 67.6 Å². The molecular weight excluding hydrogens is 441 g/mol. The van der Waals surface area contributed by atoms with Crippen LogP contribution in [0.4, 0.5) is 10.1 Å². The first kappa shape index (κ1) is 22.4. The molecule has 33 heavy (non-hydrogen) atoms. The number of hydrogen-bond donors (Lipinski definition) is 1. The van der Waals surface area contributed by atoms with E-state index in [0.29, 0.717) is 33.4 Å². The standard InChI is InChI=1S/C25H20FN3O3S/c1-15-11-12-17(13-20(15)26)29-24(32)19-8-4-6-10-22(19)28-25(29)33-14-23(31)27-21-9-5-3-7-18(21)16(2)30/h3-13H,14H2,1-2H3,(H,27,31). The van der Waals surface area contributed by atoms with Gasteiger partial charge in [-0.3, -0.25) is 19.0 Å². The highest BCUT2D eigenvalue weighted by Gasteiger charge is 2.16. The highest BCUT2D eigenvalue weighted by Crippen LogP contribution is 2.23. The molecule has 0 aliphatic heterocycles. The minimum absolute atomic E-state index is 0.0641. The van der Waals surface area contributed by atoms with Gasteiger partial charge in [0.1, 0.15) is 5.82 Å². The van der Waals surface area contributed by atoms with E-state index in [9.17, 15) is 18.8 Å². The van der Waals surface area contributed by atoms with Crippen molar-refractivity contribution in [3.8, 4) is 5.69 Å². The Morgan fingerprint density at radius 2 is 1.79 bits per heavy atom. The molecule has 0 atom stereocenters. The summed E-state index contributed by atoms with van der Waals surface area (Å²) in [6.07, 6.45) is 0. The van der Waals surface area contributed by atoms with Crippen molar-refractivity contribution in [1.82, 2.24) is 9.55 Å². The number of carbonyl (C=O) groups is 2. The number of halogens is 1. The number of nitrogens with one attached hydrogen (secondary N) is 1. The second-order valence-corrected chi connectivity index (χ2v) is 8.37. The van der Waals surface area contributed by atoms with Gasteiger partial charge in [-0.05, 0) is 55.8 Å². The number of aromatic nitrogens is 2. The zero-order chi connectivity index (χ0) is 23.5. The number of thioether (sulfide) groups is 1. The van der Waals surface area contributed by atoms with Crippen LogP contribution < -0.4 is 10.9 Å². The van der Waals surface area contributed by atoms with E-state index in [-0.39, 0.29) is 28.2 Å². The Bertz CT molecular complexity index is 1450. The molecule has 1 aromatic heterocycles. The van der Waals surface area contributed by atoms with Gasteiger partial charge in [0.2, 0.25) is 5.91 Å². The number of hydrogen-bond acceptors (Lipinski definition) is 5. The third-order valence-corrected chi connectivity index (χ3v) is 6.01.